The molecule has 0 aliphatic heterocycles. The van der Waals surface area contributed by atoms with Gasteiger partial charge in [0.05, 0.1) is 6.21 Å². The number of carbonyl (C=O) groups is 2. The van der Waals surface area contributed by atoms with E-state index in [2.05, 4.69) is 10.5 Å². The summed E-state index contributed by atoms with van der Waals surface area (Å²) in [5.74, 6) is -0.750. The monoisotopic (exact) mass is 361 g/mol. The van der Waals surface area contributed by atoms with Gasteiger partial charge in [-0.3, -0.25) is 9.59 Å². The molecule has 136 valence electrons. The number of para-hydroxylation sites is 1. The second kappa shape index (κ2) is 8.25. The third kappa shape index (κ3) is 4.37. The van der Waals surface area contributed by atoms with Crippen LogP contribution in [-0.4, -0.2) is 34.2 Å². The van der Waals surface area contributed by atoms with Gasteiger partial charge in [0, 0.05) is 35.3 Å². The predicted octanol–water partition coefficient (Wildman–Crippen LogP) is 2.52. The van der Waals surface area contributed by atoms with Gasteiger partial charge in [-0.1, -0.05) is 36.4 Å². The first kappa shape index (κ1) is 18.3. The molecule has 3 rings (SSSR count). The minimum atomic E-state index is -0.542. The SMILES string of the molecule is Cn1cc(/C=N/NC(=O)c2cccc(/C=C/C(=O)CO)c2)c2ccccc21. The van der Waals surface area contributed by atoms with Crippen LogP contribution in [0.1, 0.15) is 21.5 Å². The third-order valence-electron chi connectivity index (χ3n) is 4.06. The Balaban J connectivity index is 1.71. The number of fused-ring (bicyclic) bond motifs is 1. The van der Waals surface area contributed by atoms with Crippen molar-refractivity contribution < 1.29 is 14.7 Å². The first-order valence-corrected chi connectivity index (χ1v) is 8.38. The summed E-state index contributed by atoms with van der Waals surface area (Å²) in [6, 6.07) is 14.7. The number of nitrogens with zero attached hydrogens (tertiary/aromatic N) is 2. The zero-order valence-corrected chi connectivity index (χ0v) is 14.8. The summed E-state index contributed by atoms with van der Waals surface area (Å²) in [4.78, 5) is 23.4. The Hall–Kier alpha value is -3.51. The molecular formula is C21H19N3O3. The number of hydrazone groups is 1. The van der Waals surface area contributed by atoms with E-state index in [9.17, 15) is 9.59 Å². The van der Waals surface area contributed by atoms with Crippen LogP contribution in [0.25, 0.3) is 17.0 Å². The smallest absolute Gasteiger partial charge is 0.271 e. The molecule has 0 saturated carbocycles. The van der Waals surface area contributed by atoms with Crippen LogP contribution in [0.3, 0.4) is 0 Å². The number of aromatic nitrogens is 1. The van der Waals surface area contributed by atoms with E-state index in [1.54, 1.807) is 36.6 Å². The van der Waals surface area contributed by atoms with Gasteiger partial charge in [-0.25, -0.2) is 5.43 Å². The zero-order chi connectivity index (χ0) is 19.2. The highest BCUT2D eigenvalue weighted by Crippen LogP contribution is 2.18. The second-order valence-electron chi connectivity index (χ2n) is 5.99. The number of rotatable bonds is 6. The van der Waals surface area contributed by atoms with Crippen molar-refractivity contribution in [1.82, 2.24) is 9.99 Å². The second-order valence-corrected chi connectivity index (χ2v) is 5.99. The molecule has 6 nitrogen and oxygen atoms in total. The molecule has 0 aliphatic rings. The molecule has 2 N–H and O–H groups in total. The van der Waals surface area contributed by atoms with E-state index in [0.29, 0.717) is 11.1 Å². The summed E-state index contributed by atoms with van der Waals surface area (Å²) >= 11 is 0. The van der Waals surface area contributed by atoms with Crippen LogP contribution in [0.5, 0.6) is 0 Å². The number of aliphatic hydroxyl groups excluding tert-OH is 1. The van der Waals surface area contributed by atoms with Gasteiger partial charge in [-0.15, -0.1) is 0 Å². The predicted molar refractivity (Wildman–Crippen MR) is 106 cm³/mol. The van der Waals surface area contributed by atoms with Crippen LogP contribution in [0.2, 0.25) is 0 Å². The Morgan fingerprint density at radius 1 is 1.19 bits per heavy atom. The number of aryl methyl sites for hydroxylation is 1. The fourth-order valence-corrected chi connectivity index (χ4v) is 2.73. The topological polar surface area (TPSA) is 83.7 Å². The number of nitrogens with one attached hydrogen (secondary N) is 1. The Kier molecular flexibility index (Phi) is 5.58. The number of ketones is 1. The number of amides is 1. The van der Waals surface area contributed by atoms with E-state index in [1.807, 2.05) is 42.1 Å². The van der Waals surface area contributed by atoms with E-state index < -0.39 is 12.4 Å². The summed E-state index contributed by atoms with van der Waals surface area (Å²) < 4.78 is 2.00. The molecule has 0 spiro atoms. The minimum absolute atomic E-state index is 0.352. The lowest BCUT2D eigenvalue weighted by Crippen LogP contribution is -2.17. The van der Waals surface area contributed by atoms with Crippen molar-refractivity contribution in [1.29, 1.82) is 0 Å². The van der Waals surface area contributed by atoms with Crippen molar-refractivity contribution in [2.75, 3.05) is 6.61 Å². The van der Waals surface area contributed by atoms with E-state index >= 15 is 0 Å². The molecule has 0 saturated heterocycles. The van der Waals surface area contributed by atoms with Gasteiger partial charge in [0.25, 0.3) is 5.91 Å². The van der Waals surface area contributed by atoms with Gasteiger partial charge >= 0.3 is 0 Å². The summed E-state index contributed by atoms with van der Waals surface area (Å²) in [6.07, 6.45) is 6.39. The first-order chi connectivity index (χ1) is 13.1. The van der Waals surface area contributed by atoms with Crippen LogP contribution in [0, 0.1) is 0 Å². The summed E-state index contributed by atoms with van der Waals surface area (Å²) in [7, 11) is 1.96. The average molecular weight is 361 g/mol. The summed E-state index contributed by atoms with van der Waals surface area (Å²) in [5, 5.41) is 13.8. The van der Waals surface area contributed by atoms with Gasteiger partial charge in [-0.2, -0.15) is 5.10 Å². The lowest BCUT2D eigenvalue weighted by Gasteiger charge is -2.01. The van der Waals surface area contributed by atoms with E-state index in [1.165, 1.54) is 6.08 Å². The summed E-state index contributed by atoms with van der Waals surface area (Å²) in [6.45, 7) is -0.542. The quantitative estimate of drug-likeness (QED) is 0.402. The van der Waals surface area contributed by atoms with E-state index in [-0.39, 0.29) is 5.91 Å². The molecule has 0 aliphatic carbocycles. The maximum absolute atomic E-state index is 12.3. The highest BCUT2D eigenvalue weighted by atomic mass is 16.3. The molecule has 0 radical (unpaired) electrons. The van der Waals surface area contributed by atoms with Crippen LogP contribution in [0.4, 0.5) is 0 Å². The van der Waals surface area contributed by atoms with Gasteiger partial charge < -0.3 is 9.67 Å². The molecule has 0 unspecified atom stereocenters. The van der Waals surface area contributed by atoms with Crippen molar-refractivity contribution in [3.8, 4) is 0 Å². The largest absolute Gasteiger partial charge is 0.388 e. The maximum Gasteiger partial charge on any atom is 0.271 e. The van der Waals surface area contributed by atoms with Crippen molar-refractivity contribution in [2.24, 2.45) is 12.1 Å². The highest BCUT2D eigenvalue weighted by molar-refractivity contribution is 6.01. The van der Waals surface area contributed by atoms with Crippen molar-refractivity contribution in [3.63, 3.8) is 0 Å². The molecule has 3 aromatic rings. The van der Waals surface area contributed by atoms with Crippen LogP contribution in [-0.2, 0) is 11.8 Å². The maximum atomic E-state index is 12.3. The van der Waals surface area contributed by atoms with E-state index in [0.717, 1.165) is 16.5 Å². The molecular weight excluding hydrogens is 342 g/mol. The Bertz CT molecular complexity index is 1050. The fraction of sp³-hybridized carbons (Fsp3) is 0.0952. The lowest BCUT2D eigenvalue weighted by molar-refractivity contribution is -0.117. The van der Waals surface area contributed by atoms with Crippen LogP contribution < -0.4 is 5.43 Å². The number of carbonyl (C=O) groups excluding carboxylic acids is 2. The number of hydrogen-bond donors (Lipinski definition) is 2. The fourth-order valence-electron chi connectivity index (χ4n) is 2.73. The number of aliphatic hydroxyl groups is 1. The Labute approximate surface area is 156 Å². The van der Waals surface area contributed by atoms with Crippen molar-refractivity contribution in [3.05, 3.63) is 77.5 Å². The van der Waals surface area contributed by atoms with Crippen LogP contribution >= 0.6 is 0 Å². The van der Waals surface area contributed by atoms with Gasteiger partial charge in [-0.05, 0) is 29.8 Å². The van der Waals surface area contributed by atoms with Gasteiger partial charge in [0.1, 0.15) is 6.61 Å². The molecule has 1 heterocycles. The molecule has 1 aromatic heterocycles. The molecule has 0 atom stereocenters. The Morgan fingerprint density at radius 2 is 2.00 bits per heavy atom. The summed E-state index contributed by atoms with van der Waals surface area (Å²) in [5.41, 5.74) is 5.61. The molecule has 2 aromatic carbocycles. The highest BCUT2D eigenvalue weighted by Gasteiger charge is 2.06. The number of benzene rings is 2. The molecule has 27 heavy (non-hydrogen) atoms. The average Bonchev–Trinajstić information content (AvgIpc) is 3.02. The minimum Gasteiger partial charge on any atom is -0.388 e. The molecule has 0 fully saturated rings. The standard InChI is InChI=1S/C21H19N3O3/c1-24-13-17(19-7-2-3-8-20(19)24)12-22-23-21(27)16-6-4-5-15(11-16)9-10-18(26)14-25/h2-13,25H,14H2,1H3,(H,23,27)/b10-9+,22-12+. The van der Waals surface area contributed by atoms with Crippen molar-refractivity contribution in [2.45, 2.75) is 0 Å². The van der Waals surface area contributed by atoms with Crippen molar-refractivity contribution >= 4 is 34.9 Å². The van der Waals surface area contributed by atoms with Gasteiger partial charge in [0.15, 0.2) is 5.78 Å². The van der Waals surface area contributed by atoms with Crippen LogP contribution in [0.15, 0.2) is 65.9 Å². The molecule has 6 heteroatoms. The number of hydrogen-bond acceptors (Lipinski definition) is 4. The van der Waals surface area contributed by atoms with E-state index in [4.69, 9.17) is 5.11 Å². The molecule has 1 amide bonds. The first-order valence-electron chi connectivity index (χ1n) is 8.38. The third-order valence-corrected chi connectivity index (χ3v) is 4.06. The Morgan fingerprint density at radius 3 is 2.81 bits per heavy atom. The lowest BCUT2D eigenvalue weighted by atomic mass is 10.1. The van der Waals surface area contributed by atoms with Gasteiger partial charge in [0.2, 0.25) is 0 Å². The molecule has 0 bridgehead atoms. The zero-order valence-electron chi connectivity index (χ0n) is 14.8. The normalized spacial score (nSPS) is 11.5.